The summed E-state index contributed by atoms with van der Waals surface area (Å²) < 4.78 is 16.5. The molecule has 3 heterocycles. The lowest BCUT2D eigenvalue weighted by Crippen LogP contribution is -2.52. The summed E-state index contributed by atoms with van der Waals surface area (Å²) in [5.41, 5.74) is 0. The van der Waals surface area contributed by atoms with Crippen molar-refractivity contribution in [3.63, 3.8) is 0 Å². The van der Waals surface area contributed by atoms with E-state index in [9.17, 15) is 4.79 Å². The number of nitrogens with zero attached hydrogens (tertiary/aromatic N) is 1. The van der Waals surface area contributed by atoms with Crippen LogP contribution in [0.5, 0.6) is 0 Å². The monoisotopic (exact) mass is 322 g/mol. The lowest BCUT2D eigenvalue weighted by Gasteiger charge is -2.37. The first-order valence-corrected chi connectivity index (χ1v) is 8.54. The van der Waals surface area contributed by atoms with Crippen LogP contribution in [0.15, 0.2) is 16.5 Å². The highest BCUT2D eigenvalue weighted by molar-refractivity contribution is 5.91. The van der Waals surface area contributed by atoms with E-state index in [1.54, 1.807) is 6.07 Å². The molecule has 0 aliphatic carbocycles. The quantitative estimate of drug-likeness (QED) is 0.855. The van der Waals surface area contributed by atoms with Crippen molar-refractivity contribution in [2.24, 2.45) is 5.92 Å². The highest BCUT2D eigenvalue weighted by Crippen LogP contribution is 2.22. The van der Waals surface area contributed by atoms with Gasteiger partial charge in [0.25, 0.3) is 5.91 Å². The summed E-state index contributed by atoms with van der Waals surface area (Å²) in [5.74, 6) is 1.56. The number of hydrogen-bond acceptors (Lipinski definition) is 5. The number of carbonyl (C=O) groups excluding carboxylic acids is 1. The molecule has 2 fully saturated rings. The molecule has 0 aromatic carbocycles. The number of rotatable bonds is 6. The van der Waals surface area contributed by atoms with Crippen LogP contribution in [0.1, 0.15) is 29.7 Å². The third kappa shape index (κ3) is 4.13. The van der Waals surface area contributed by atoms with E-state index in [0.717, 1.165) is 58.1 Å². The van der Waals surface area contributed by atoms with Gasteiger partial charge in [-0.25, -0.2) is 0 Å². The van der Waals surface area contributed by atoms with Gasteiger partial charge < -0.3 is 19.2 Å². The second-order valence-electron chi connectivity index (χ2n) is 6.17. The minimum atomic E-state index is -0.137. The second kappa shape index (κ2) is 7.95. The molecule has 0 spiro atoms. The normalized spacial score (nSPS) is 23.8. The van der Waals surface area contributed by atoms with Crippen molar-refractivity contribution in [2.75, 3.05) is 46.1 Å². The van der Waals surface area contributed by atoms with Crippen LogP contribution >= 0.6 is 0 Å². The van der Waals surface area contributed by atoms with Crippen molar-refractivity contribution in [2.45, 2.75) is 25.8 Å². The highest BCUT2D eigenvalue weighted by Gasteiger charge is 2.32. The zero-order valence-electron chi connectivity index (χ0n) is 13.8. The number of carbonyl (C=O) groups is 1. The van der Waals surface area contributed by atoms with E-state index in [2.05, 4.69) is 10.2 Å². The molecule has 2 saturated heterocycles. The molecule has 0 bridgehead atoms. The van der Waals surface area contributed by atoms with Gasteiger partial charge in [0.2, 0.25) is 0 Å². The van der Waals surface area contributed by atoms with E-state index >= 15 is 0 Å². The minimum absolute atomic E-state index is 0.137. The summed E-state index contributed by atoms with van der Waals surface area (Å²) in [6.07, 6.45) is 1.85. The van der Waals surface area contributed by atoms with Gasteiger partial charge in [-0.15, -0.1) is 0 Å². The Morgan fingerprint density at radius 3 is 2.78 bits per heavy atom. The van der Waals surface area contributed by atoms with Gasteiger partial charge in [-0.05, 0) is 18.6 Å². The van der Waals surface area contributed by atoms with Crippen molar-refractivity contribution >= 4 is 5.91 Å². The van der Waals surface area contributed by atoms with Crippen LogP contribution in [0, 0.1) is 5.92 Å². The van der Waals surface area contributed by atoms with E-state index in [1.165, 1.54) is 0 Å². The number of aryl methyl sites for hydroxylation is 1. The first kappa shape index (κ1) is 16.5. The maximum atomic E-state index is 12.3. The molecule has 1 amide bonds. The molecule has 2 aliphatic heterocycles. The Kier molecular flexibility index (Phi) is 5.70. The summed E-state index contributed by atoms with van der Waals surface area (Å²) >= 11 is 0. The van der Waals surface area contributed by atoms with Crippen molar-refractivity contribution < 1.29 is 18.7 Å². The Balaban J connectivity index is 1.59. The van der Waals surface area contributed by atoms with Crippen molar-refractivity contribution in [3.8, 4) is 0 Å². The van der Waals surface area contributed by atoms with Crippen molar-refractivity contribution in [1.82, 2.24) is 10.2 Å². The fourth-order valence-electron chi connectivity index (χ4n) is 3.33. The number of furan rings is 1. The number of nitrogens with one attached hydrogen (secondary N) is 1. The van der Waals surface area contributed by atoms with Gasteiger partial charge in [0.1, 0.15) is 5.76 Å². The van der Waals surface area contributed by atoms with Crippen molar-refractivity contribution in [3.05, 3.63) is 23.7 Å². The van der Waals surface area contributed by atoms with Crippen LogP contribution in [0.3, 0.4) is 0 Å². The van der Waals surface area contributed by atoms with E-state index in [4.69, 9.17) is 13.9 Å². The smallest absolute Gasteiger partial charge is 0.287 e. The molecule has 1 N–H and O–H groups in total. The van der Waals surface area contributed by atoms with Crippen LogP contribution in [-0.4, -0.2) is 62.9 Å². The first-order chi connectivity index (χ1) is 11.3. The van der Waals surface area contributed by atoms with E-state index in [-0.39, 0.29) is 5.91 Å². The van der Waals surface area contributed by atoms with Crippen LogP contribution < -0.4 is 5.32 Å². The average molecular weight is 322 g/mol. The number of morpholine rings is 1. The molecule has 6 heteroatoms. The molecule has 6 nitrogen and oxygen atoms in total. The van der Waals surface area contributed by atoms with Gasteiger partial charge in [0.05, 0.1) is 19.8 Å². The fourth-order valence-corrected chi connectivity index (χ4v) is 3.33. The summed E-state index contributed by atoms with van der Waals surface area (Å²) in [5, 5.41) is 3.04. The fraction of sp³-hybridized carbons (Fsp3) is 0.706. The standard InChI is InChI=1S/C17H26N2O4/c1-2-14-3-4-16(23-14)17(20)18-11-15(13-5-8-22-12-13)19-6-9-21-10-7-19/h3-4,13,15H,2,5-12H2,1H3,(H,18,20)/t13-,15+/m0/s1. The molecule has 2 atom stereocenters. The summed E-state index contributed by atoms with van der Waals surface area (Å²) in [4.78, 5) is 14.7. The van der Waals surface area contributed by atoms with Crippen molar-refractivity contribution in [1.29, 1.82) is 0 Å². The molecule has 0 unspecified atom stereocenters. The summed E-state index contributed by atoms with van der Waals surface area (Å²) in [6.45, 7) is 7.57. The third-order valence-corrected chi connectivity index (χ3v) is 4.73. The first-order valence-electron chi connectivity index (χ1n) is 8.54. The average Bonchev–Trinajstić information content (AvgIpc) is 3.27. The zero-order chi connectivity index (χ0) is 16.1. The third-order valence-electron chi connectivity index (χ3n) is 4.73. The topological polar surface area (TPSA) is 63.9 Å². The lowest BCUT2D eigenvalue weighted by atomic mass is 9.97. The predicted octanol–water partition coefficient (Wildman–Crippen LogP) is 1.31. The summed E-state index contributed by atoms with van der Waals surface area (Å²) in [7, 11) is 0. The molecule has 128 valence electrons. The molecule has 3 rings (SSSR count). The minimum Gasteiger partial charge on any atom is -0.456 e. The maximum absolute atomic E-state index is 12.3. The molecule has 2 aliphatic rings. The molecule has 1 aromatic heterocycles. The van der Waals surface area contributed by atoms with Gasteiger partial charge >= 0.3 is 0 Å². The lowest BCUT2D eigenvalue weighted by molar-refractivity contribution is 0.00159. The van der Waals surface area contributed by atoms with Gasteiger partial charge in [-0.3, -0.25) is 9.69 Å². The second-order valence-corrected chi connectivity index (χ2v) is 6.17. The van der Waals surface area contributed by atoms with E-state index in [1.807, 2.05) is 13.0 Å². The highest BCUT2D eigenvalue weighted by atomic mass is 16.5. The van der Waals surface area contributed by atoms with Crippen LogP contribution in [0.25, 0.3) is 0 Å². The van der Waals surface area contributed by atoms with Gasteiger partial charge in [-0.2, -0.15) is 0 Å². The largest absolute Gasteiger partial charge is 0.456 e. The predicted molar refractivity (Wildman–Crippen MR) is 85.5 cm³/mol. The number of ether oxygens (including phenoxy) is 2. The van der Waals surface area contributed by atoms with Crippen LogP contribution in [0.4, 0.5) is 0 Å². The Hall–Kier alpha value is -1.37. The Bertz CT molecular complexity index is 504. The van der Waals surface area contributed by atoms with Gasteiger partial charge in [-0.1, -0.05) is 6.92 Å². The summed E-state index contributed by atoms with van der Waals surface area (Å²) in [6, 6.07) is 3.90. The zero-order valence-corrected chi connectivity index (χ0v) is 13.8. The Labute approximate surface area is 137 Å². The van der Waals surface area contributed by atoms with Crippen LogP contribution in [-0.2, 0) is 15.9 Å². The molecule has 0 radical (unpaired) electrons. The van der Waals surface area contributed by atoms with E-state index < -0.39 is 0 Å². The Morgan fingerprint density at radius 1 is 1.30 bits per heavy atom. The molecular formula is C17H26N2O4. The molecule has 1 aromatic rings. The molecule has 0 saturated carbocycles. The molecular weight excluding hydrogens is 296 g/mol. The number of amides is 1. The molecule has 23 heavy (non-hydrogen) atoms. The maximum Gasteiger partial charge on any atom is 0.287 e. The SMILES string of the molecule is CCc1ccc(C(=O)NC[C@H]([C@H]2CCOC2)N2CCOCC2)o1. The van der Waals surface area contributed by atoms with Gasteiger partial charge in [0.15, 0.2) is 5.76 Å². The van der Waals surface area contributed by atoms with Crippen LogP contribution in [0.2, 0.25) is 0 Å². The van der Waals surface area contributed by atoms with Gasteiger partial charge in [0, 0.05) is 44.6 Å². The van der Waals surface area contributed by atoms with E-state index in [0.29, 0.717) is 24.3 Å². The number of hydrogen-bond donors (Lipinski definition) is 1. The Morgan fingerprint density at radius 2 is 2.13 bits per heavy atom.